The smallest absolute Gasteiger partial charge is 0.0778 e. The van der Waals surface area contributed by atoms with Crippen LogP contribution in [-0.4, -0.2) is 24.0 Å². The van der Waals surface area contributed by atoms with Crippen molar-refractivity contribution in [2.75, 3.05) is 6.61 Å². The average Bonchev–Trinajstić information content (AvgIpc) is 2.14. The second-order valence-corrected chi connectivity index (χ2v) is 6.88. The molecular formula is C13H17Br2NO. The van der Waals surface area contributed by atoms with Crippen LogP contribution in [0.2, 0.25) is 0 Å². The van der Waals surface area contributed by atoms with Gasteiger partial charge in [0.2, 0.25) is 0 Å². The van der Waals surface area contributed by atoms with Crippen LogP contribution in [0.1, 0.15) is 26.3 Å². The average molecular weight is 363 g/mol. The van der Waals surface area contributed by atoms with Crippen LogP contribution in [0.25, 0.3) is 0 Å². The molecule has 1 rings (SSSR count). The Labute approximate surface area is 119 Å². The molecule has 1 aromatic rings. The summed E-state index contributed by atoms with van der Waals surface area (Å²) >= 11 is 6.87. The van der Waals surface area contributed by atoms with Crippen molar-refractivity contribution in [1.29, 1.82) is 0 Å². The van der Waals surface area contributed by atoms with Crippen LogP contribution in [0, 0.1) is 5.41 Å². The van der Waals surface area contributed by atoms with Gasteiger partial charge in [-0.15, -0.1) is 0 Å². The van der Waals surface area contributed by atoms with Gasteiger partial charge in [0.25, 0.3) is 0 Å². The Morgan fingerprint density at radius 1 is 1.24 bits per heavy atom. The van der Waals surface area contributed by atoms with Gasteiger partial charge in [0.05, 0.1) is 12.6 Å². The minimum absolute atomic E-state index is 0.0332. The summed E-state index contributed by atoms with van der Waals surface area (Å²) in [6.07, 6.45) is 1.81. The fraction of sp³-hybridized carbons (Fsp3) is 0.462. The predicted octanol–water partition coefficient (Wildman–Crippen LogP) is 4.04. The molecule has 4 heteroatoms. The Kier molecular flexibility index (Phi) is 5.35. The van der Waals surface area contributed by atoms with Crippen LogP contribution >= 0.6 is 31.9 Å². The van der Waals surface area contributed by atoms with E-state index in [9.17, 15) is 5.11 Å². The van der Waals surface area contributed by atoms with Crippen molar-refractivity contribution in [3.63, 3.8) is 0 Å². The minimum atomic E-state index is -0.0831. The molecule has 0 radical (unpaired) electrons. The minimum Gasteiger partial charge on any atom is -0.394 e. The van der Waals surface area contributed by atoms with E-state index >= 15 is 0 Å². The van der Waals surface area contributed by atoms with Gasteiger partial charge in [-0.25, -0.2) is 0 Å². The van der Waals surface area contributed by atoms with E-state index in [1.165, 1.54) is 0 Å². The van der Waals surface area contributed by atoms with Crippen molar-refractivity contribution in [2.24, 2.45) is 10.4 Å². The molecule has 0 aliphatic rings. The number of aliphatic hydroxyl groups is 1. The van der Waals surface area contributed by atoms with Crippen LogP contribution in [0.15, 0.2) is 32.1 Å². The zero-order valence-corrected chi connectivity index (χ0v) is 13.4. The van der Waals surface area contributed by atoms with Gasteiger partial charge >= 0.3 is 0 Å². The number of hydrogen-bond donors (Lipinski definition) is 1. The highest BCUT2D eigenvalue weighted by Crippen LogP contribution is 2.23. The van der Waals surface area contributed by atoms with Crippen LogP contribution in [-0.2, 0) is 0 Å². The Morgan fingerprint density at radius 3 is 2.18 bits per heavy atom. The first-order valence-electron chi connectivity index (χ1n) is 5.43. The summed E-state index contributed by atoms with van der Waals surface area (Å²) in [6.45, 7) is 6.28. The lowest BCUT2D eigenvalue weighted by Crippen LogP contribution is -2.28. The summed E-state index contributed by atoms with van der Waals surface area (Å²) in [5.74, 6) is 0. The van der Waals surface area contributed by atoms with E-state index < -0.39 is 0 Å². The van der Waals surface area contributed by atoms with Crippen LogP contribution in [0.3, 0.4) is 0 Å². The van der Waals surface area contributed by atoms with E-state index in [4.69, 9.17) is 0 Å². The van der Waals surface area contributed by atoms with Crippen molar-refractivity contribution >= 4 is 38.1 Å². The van der Waals surface area contributed by atoms with E-state index in [-0.39, 0.29) is 18.1 Å². The van der Waals surface area contributed by atoms with Crippen molar-refractivity contribution in [2.45, 2.75) is 26.8 Å². The van der Waals surface area contributed by atoms with E-state index in [0.29, 0.717) is 0 Å². The molecule has 0 spiro atoms. The van der Waals surface area contributed by atoms with Gasteiger partial charge in [-0.1, -0.05) is 52.6 Å². The van der Waals surface area contributed by atoms with Crippen LogP contribution < -0.4 is 0 Å². The number of benzene rings is 1. The van der Waals surface area contributed by atoms with Crippen molar-refractivity contribution in [3.8, 4) is 0 Å². The summed E-state index contributed by atoms with van der Waals surface area (Å²) in [6, 6.07) is 5.88. The zero-order chi connectivity index (χ0) is 13.1. The molecule has 2 nitrogen and oxygen atoms in total. The van der Waals surface area contributed by atoms with Crippen LogP contribution in [0.5, 0.6) is 0 Å². The number of rotatable bonds is 3. The van der Waals surface area contributed by atoms with E-state index in [2.05, 4.69) is 57.6 Å². The molecule has 0 amide bonds. The van der Waals surface area contributed by atoms with Gasteiger partial charge in [0, 0.05) is 15.2 Å². The van der Waals surface area contributed by atoms with Crippen molar-refractivity contribution in [1.82, 2.24) is 0 Å². The monoisotopic (exact) mass is 361 g/mol. The lowest BCUT2D eigenvalue weighted by molar-refractivity contribution is 0.191. The first kappa shape index (κ1) is 14.9. The van der Waals surface area contributed by atoms with Gasteiger partial charge in [0.1, 0.15) is 0 Å². The molecule has 0 aromatic heterocycles. The summed E-state index contributed by atoms with van der Waals surface area (Å²) in [7, 11) is 0. The standard InChI is InChI=1S/C13H17Br2NO/c1-13(2,3)12(8-17)16-7-9-4-10(14)6-11(15)5-9/h4-7,12,17H,8H2,1-3H3/b16-7+/t12-/m0/s1. The zero-order valence-electron chi connectivity index (χ0n) is 10.2. The third kappa shape index (κ3) is 4.90. The van der Waals surface area contributed by atoms with Gasteiger partial charge < -0.3 is 5.11 Å². The highest BCUT2D eigenvalue weighted by Gasteiger charge is 2.22. The molecule has 0 aliphatic carbocycles. The van der Waals surface area contributed by atoms with E-state index in [0.717, 1.165) is 14.5 Å². The molecule has 0 aliphatic heterocycles. The molecule has 1 aromatic carbocycles. The fourth-order valence-corrected chi connectivity index (χ4v) is 2.70. The Morgan fingerprint density at radius 2 is 1.76 bits per heavy atom. The third-order valence-electron chi connectivity index (χ3n) is 2.46. The second-order valence-electron chi connectivity index (χ2n) is 5.05. The summed E-state index contributed by atoms with van der Waals surface area (Å²) in [5.41, 5.74) is 0.975. The number of hydrogen-bond acceptors (Lipinski definition) is 2. The molecule has 0 heterocycles. The first-order chi connectivity index (χ1) is 7.82. The maximum absolute atomic E-state index is 9.32. The molecule has 94 valence electrons. The Bertz CT molecular complexity index is 390. The number of aliphatic hydroxyl groups excluding tert-OH is 1. The van der Waals surface area contributed by atoms with Crippen molar-refractivity contribution < 1.29 is 5.11 Å². The number of nitrogens with zero attached hydrogens (tertiary/aromatic N) is 1. The highest BCUT2D eigenvalue weighted by atomic mass is 79.9. The number of halogens is 2. The lowest BCUT2D eigenvalue weighted by Gasteiger charge is -2.25. The largest absolute Gasteiger partial charge is 0.394 e. The molecule has 1 atom stereocenters. The third-order valence-corrected chi connectivity index (χ3v) is 3.38. The predicted molar refractivity (Wildman–Crippen MR) is 79.8 cm³/mol. The maximum atomic E-state index is 9.32. The van der Waals surface area contributed by atoms with E-state index in [1.807, 2.05) is 24.4 Å². The van der Waals surface area contributed by atoms with Crippen LogP contribution in [0.4, 0.5) is 0 Å². The molecule has 0 saturated carbocycles. The number of aliphatic imine (C=N–C) groups is 1. The topological polar surface area (TPSA) is 32.6 Å². The Hall–Kier alpha value is -0.190. The van der Waals surface area contributed by atoms with Gasteiger partial charge in [-0.2, -0.15) is 0 Å². The van der Waals surface area contributed by atoms with Gasteiger partial charge in [-0.05, 0) is 29.2 Å². The molecule has 0 saturated heterocycles. The summed E-state index contributed by atoms with van der Waals surface area (Å²) < 4.78 is 2.01. The fourth-order valence-electron chi connectivity index (χ4n) is 1.37. The first-order valence-corrected chi connectivity index (χ1v) is 7.01. The lowest BCUT2D eigenvalue weighted by atomic mass is 9.88. The van der Waals surface area contributed by atoms with Gasteiger partial charge in [-0.3, -0.25) is 4.99 Å². The quantitative estimate of drug-likeness (QED) is 0.808. The highest BCUT2D eigenvalue weighted by molar-refractivity contribution is 9.11. The molecule has 0 fully saturated rings. The van der Waals surface area contributed by atoms with Crippen molar-refractivity contribution in [3.05, 3.63) is 32.7 Å². The van der Waals surface area contributed by atoms with E-state index in [1.54, 1.807) is 0 Å². The molecule has 17 heavy (non-hydrogen) atoms. The SMILES string of the molecule is CC(C)(C)[C@H](CO)/N=C/c1cc(Br)cc(Br)c1. The summed E-state index contributed by atoms with van der Waals surface area (Å²) in [4.78, 5) is 4.45. The summed E-state index contributed by atoms with van der Waals surface area (Å²) in [5, 5.41) is 9.32. The maximum Gasteiger partial charge on any atom is 0.0778 e. The molecule has 0 bridgehead atoms. The second kappa shape index (κ2) is 6.12. The molecular weight excluding hydrogens is 346 g/mol. The van der Waals surface area contributed by atoms with Gasteiger partial charge in [0.15, 0.2) is 0 Å². The molecule has 1 N–H and O–H groups in total. The molecule has 0 unspecified atom stereocenters. The normalized spacial score (nSPS) is 14.2. The Balaban J connectivity index is 2.89.